The topological polar surface area (TPSA) is 38.7 Å². The molecule has 3 nitrogen and oxygen atoms in total. The fourth-order valence-electron chi connectivity index (χ4n) is 3.17. The Labute approximate surface area is 143 Å². The van der Waals surface area contributed by atoms with E-state index in [-0.39, 0.29) is 12.7 Å². The molecule has 0 saturated heterocycles. The third kappa shape index (κ3) is 3.86. The van der Waals surface area contributed by atoms with Crippen LogP contribution >= 0.6 is 0 Å². The molecule has 24 heavy (non-hydrogen) atoms. The van der Waals surface area contributed by atoms with E-state index in [9.17, 15) is 5.11 Å². The monoisotopic (exact) mass is 324 g/mol. The van der Waals surface area contributed by atoms with Gasteiger partial charge in [0.25, 0.3) is 0 Å². The zero-order valence-corrected chi connectivity index (χ0v) is 14.3. The quantitative estimate of drug-likeness (QED) is 0.838. The summed E-state index contributed by atoms with van der Waals surface area (Å²) in [6, 6.07) is 12.2. The summed E-state index contributed by atoms with van der Waals surface area (Å²) in [5, 5.41) is 9.35. The lowest BCUT2D eigenvalue weighted by Crippen LogP contribution is -2.23. The first kappa shape index (κ1) is 16.7. The van der Waals surface area contributed by atoms with E-state index >= 15 is 0 Å². The maximum absolute atomic E-state index is 9.35. The zero-order valence-electron chi connectivity index (χ0n) is 14.3. The van der Waals surface area contributed by atoms with Crippen LogP contribution in [0.3, 0.4) is 0 Å². The maximum atomic E-state index is 9.35. The molecule has 0 aliphatic carbocycles. The zero-order chi connectivity index (χ0) is 16.9. The minimum atomic E-state index is 0.0585. The molecule has 0 unspecified atom stereocenters. The summed E-state index contributed by atoms with van der Waals surface area (Å²) in [6.07, 6.45) is 5.23. The average molecular weight is 324 g/mol. The predicted octanol–water partition coefficient (Wildman–Crippen LogP) is 4.19. The average Bonchev–Trinajstić information content (AvgIpc) is 2.60. The molecule has 0 amide bonds. The standard InChI is InChI=1S/C21H24O3/c1-15-10-20(24-14-19-8-3-4-9-23-19)11-16(2)21(15)18-7-5-6-17(12-18)13-22/h3-7,10-12,19,22H,8-9,13-14H2,1-2H3/t19-/m0/s1. The molecule has 3 rings (SSSR count). The number of hydrogen-bond acceptors (Lipinski definition) is 3. The van der Waals surface area contributed by atoms with Crippen LogP contribution in [0.1, 0.15) is 23.1 Å². The largest absolute Gasteiger partial charge is 0.491 e. The van der Waals surface area contributed by atoms with Crippen LogP contribution in [0.2, 0.25) is 0 Å². The van der Waals surface area contributed by atoms with Gasteiger partial charge in [-0.3, -0.25) is 0 Å². The van der Waals surface area contributed by atoms with Crippen LogP contribution in [-0.4, -0.2) is 24.4 Å². The summed E-state index contributed by atoms with van der Waals surface area (Å²) in [5.41, 5.74) is 5.60. The number of rotatable bonds is 5. The fourth-order valence-corrected chi connectivity index (χ4v) is 3.17. The first-order chi connectivity index (χ1) is 11.7. The minimum Gasteiger partial charge on any atom is -0.491 e. The van der Waals surface area contributed by atoms with Gasteiger partial charge in [-0.15, -0.1) is 0 Å². The van der Waals surface area contributed by atoms with Crippen LogP contribution in [0.15, 0.2) is 48.6 Å². The number of hydrogen-bond donors (Lipinski definition) is 1. The van der Waals surface area contributed by atoms with E-state index < -0.39 is 0 Å². The van der Waals surface area contributed by atoms with E-state index in [0.29, 0.717) is 13.2 Å². The Kier molecular flexibility index (Phi) is 5.34. The van der Waals surface area contributed by atoms with Crippen LogP contribution in [0.25, 0.3) is 11.1 Å². The van der Waals surface area contributed by atoms with E-state index in [1.807, 2.05) is 24.3 Å². The van der Waals surface area contributed by atoms with Gasteiger partial charge in [0, 0.05) is 0 Å². The second-order valence-electron chi connectivity index (χ2n) is 6.26. The van der Waals surface area contributed by atoms with Crippen molar-refractivity contribution in [3.63, 3.8) is 0 Å². The van der Waals surface area contributed by atoms with Crippen molar-refractivity contribution in [3.05, 3.63) is 65.2 Å². The molecule has 0 aromatic heterocycles. The Morgan fingerprint density at radius 1 is 1.12 bits per heavy atom. The van der Waals surface area contributed by atoms with Gasteiger partial charge in [-0.1, -0.05) is 30.4 Å². The van der Waals surface area contributed by atoms with Crippen molar-refractivity contribution >= 4 is 0 Å². The molecule has 1 N–H and O–H groups in total. The van der Waals surface area contributed by atoms with Crippen molar-refractivity contribution in [2.75, 3.05) is 13.2 Å². The van der Waals surface area contributed by atoms with Gasteiger partial charge in [-0.05, 0) is 66.3 Å². The second kappa shape index (κ2) is 7.65. The molecule has 0 spiro atoms. The highest BCUT2D eigenvalue weighted by Gasteiger charge is 2.13. The van der Waals surface area contributed by atoms with E-state index in [4.69, 9.17) is 9.47 Å². The van der Waals surface area contributed by atoms with Crippen molar-refractivity contribution in [1.29, 1.82) is 0 Å². The second-order valence-corrected chi connectivity index (χ2v) is 6.26. The van der Waals surface area contributed by atoms with Gasteiger partial charge < -0.3 is 14.6 Å². The molecule has 1 aliphatic rings. The number of aliphatic hydroxyl groups excluding tert-OH is 1. The number of aliphatic hydroxyl groups is 1. The highest BCUT2D eigenvalue weighted by atomic mass is 16.5. The molecule has 1 atom stereocenters. The Balaban J connectivity index is 1.79. The normalized spacial score (nSPS) is 17.0. The number of aryl methyl sites for hydroxylation is 2. The Bertz CT molecular complexity index is 711. The van der Waals surface area contributed by atoms with Crippen molar-refractivity contribution in [1.82, 2.24) is 0 Å². The molecular formula is C21H24O3. The van der Waals surface area contributed by atoms with E-state index in [1.165, 1.54) is 16.7 Å². The SMILES string of the molecule is Cc1cc(OC[C@@H]2CC=CCO2)cc(C)c1-c1cccc(CO)c1. The van der Waals surface area contributed by atoms with Gasteiger partial charge in [0.05, 0.1) is 19.3 Å². The number of ether oxygens (including phenoxy) is 2. The number of benzene rings is 2. The van der Waals surface area contributed by atoms with Gasteiger partial charge in [0.1, 0.15) is 12.4 Å². The van der Waals surface area contributed by atoms with Crippen LogP contribution in [0.4, 0.5) is 0 Å². The van der Waals surface area contributed by atoms with Gasteiger partial charge in [0.2, 0.25) is 0 Å². The van der Waals surface area contributed by atoms with Crippen LogP contribution in [-0.2, 0) is 11.3 Å². The Hall–Kier alpha value is -2.10. The third-order valence-corrected chi connectivity index (χ3v) is 4.33. The molecule has 0 radical (unpaired) electrons. The maximum Gasteiger partial charge on any atom is 0.120 e. The highest BCUT2D eigenvalue weighted by Crippen LogP contribution is 2.31. The smallest absolute Gasteiger partial charge is 0.120 e. The van der Waals surface area contributed by atoms with Gasteiger partial charge in [-0.25, -0.2) is 0 Å². The molecule has 0 fully saturated rings. The molecule has 0 saturated carbocycles. The van der Waals surface area contributed by atoms with E-state index in [0.717, 1.165) is 23.3 Å². The Morgan fingerprint density at radius 2 is 1.92 bits per heavy atom. The minimum absolute atomic E-state index is 0.0585. The van der Waals surface area contributed by atoms with Crippen molar-refractivity contribution < 1.29 is 14.6 Å². The van der Waals surface area contributed by atoms with Crippen molar-refractivity contribution in [3.8, 4) is 16.9 Å². The predicted molar refractivity (Wildman–Crippen MR) is 96.3 cm³/mol. The summed E-state index contributed by atoms with van der Waals surface area (Å²) in [4.78, 5) is 0. The summed E-state index contributed by atoms with van der Waals surface area (Å²) >= 11 is 0. The van der Waals surface area contributed by atoms with E-state index in [2.05, 4.69) is 38.1 Å². The fraction of sp³-hybridized carbons (Fsp3) is 0.333. The first-order valence-corrected chi connectivity index (χ1v) is 8.38. The van der Waals surface area contributed by atoms with Crippen LogP contribution in [0.5, 0.6) is 5.75 Å². The van der Waals surface area contributed by atoms with Gasteiger partial charge >= 0.3 is 0 Å². The van der Waals surface area contributed by atoms with Crippen LogP contribution in [0, 0.1) is 13.8 Å². The highest BCUT2D eigenvalue weighted by molar-refractivity contribution is 5.72. The van der Waals surface area contributed by atoms with Gasteiger partial charge in [-0.2, -0.15) is 0 Å². The van der Waals surface area contributed by atoms with Crippen molar-refractivity contribution in [2.45, 2.75) is 33.0 Å². The molecule has 2 aromatic rings. The molecule has 1 heterocycles. The molecular weight excluding hydrogens is 300 g/mol. The molecule has 3 heteroatoms. The van der Waals surface area contributed by atoms with Gasteiger partial charge in [0.15, 0.2) is 0 Å². The summed E-state index contributed by atoms with van der Waals surface area (Å²) < 4.78 is 11.6. The lowest BCUT2D eigenvalue weighted by Gasteiger charge is -2.20. The Morgan fingerprint density at radius 3 is 2.58 bits per heavy atom. The molecule has 2 aromatic carbocycles. The lowest BCUT2D eigenvalue weighted by atomic mass is 9.94. The molecule has 126 valence electrons. The molecule has 0 bridgehead atoms. The molecule has 1 aliphatic heterocycles. The van der Waals surface area contributed by atoms with Crippen molar-refractivity contribution in [2.24, 2.45) is 0 Å². The summed E-state index contributed by atoms with van der Waals surface area (Å²) in [5.74, 6) is 0.880. The first-order valence-electron chi connectivity index (χ1n) is 8.38. The van der Waals surface area contributed by atoms with Crippen LogP contribution < -0.4 is 4.74 Å². The lowest BCUT2D eigenvalue weighted by molar-refractivity contribution is 0.0316. The summed E-state index contributed by atoms with van der Waals surface area (Å²) in [6.45, 7) is 5.50. The summed E-state index contributed by atoms with van der Waals surface area (Å²) in [7, 11) is 0. The van der Waals surface area contributed by atoms with E-state index in [1.54, 1.807) is 0 Å². The third-order valence-electron chi connectivity index (χ3n) is 4.33.